The van der Waals surface area contributed by atoms with E-state index in [0.717, 1.165) is 72.0 Å². The van der Waals surface area contributed by atoms with Gasteiger partial charge in [-0.2, -0.15) is 29.5 Å². The molecule has 3 aromatic heterocycles. The Kier molecular flexibility index (Phi) is 48.2. The van der Waals surface area contributed by atoms with E-state index in [1.165, 1.54) is 37.5 Å². The average Bonchev–Trinajstić information content (AvgIpc) is 1.61. The first-order valence-electron chi connectivity index (χ1n) is 38.8. The van der Waals surface area contributed by atoms with Gasteiger partial charge in [-0.3, -0.25) is 0 Å². The maximum Gasteiger partial charge on any atom is 2.00 e. The molecule has 15 rings (SSSR count). The number of hydrogen-bond acceptors (Lipinski definition) is 27. The smallest absolute Gasteiger partial charge is 0.744 e. The average molecular weight is 2000 g/mol. The Hall–Kier alpha value is -9.26. The molecule has 683 valence electrons. The van der Waals surface area contributed by atoms with E-state index < -0.39 is 52.1 Å². The van der Waals surface area contributed by atoms with E-state index in [0.29, 0.717) is 63.1 Å². The SMILES string of the molecule is COc1[c-]ccc(C(C)(C)C)c1.COc1[c-]ccc(C(C)(C)C)c1.COc1cc(C(C)(C)C)ccc1S(=O)(=O)[O-].COc1cc(C(C)(C)C)ccc1S(=O)(=O)[O-].O=S(=O)=O.O=S(=O)=O.O=S(=O)=O.[C-]#[N+]c1cccc(Oc2cccc(C(C)(C)C)c2)c1C#N.[Cu+2].[Na+].[Na+].[Na+].[Na+].c1ccc2c(c1)-c1nc-2nc2[n-]c(nc3nc(nc4[n-]c(n1)c1ccccc41)-c1ccccc1-3)c1ccccc21. The number of aromatic nitrogens is 8. The summed E-state index contributed by atoms with van der Waals surface area (Å²) < 4.78 is 167. The largest absolute Gasteiger partial charge is 2.00 e. The molecule has 0 fully saturated rings. The van der Waals surface area contributed by atoms with Crippen LogP contribution in [0.15, 0.2) is 222 Å². The number of hydrogen-bond donors (Lipinski definition) is 0. The third kappa shape index (κ3) is 35.4. The second-order valence-corrected chi connectivity index (χ2v) is 36.9. The van der Waals surface area contributed by atoms with Gasteiger partial charge in [-0.15, -0.1) is 73.3 Å². The molecule has 10 aromatic carbocycles. The minimum atomic E-state index is -4.48. The summed E-state index contributed by atoms with van der Waals surface area (Å²) in [6, 6.07) is 73.8. The van der Waals surface area contributed by atoms with Crippen molar-refractivity contribution in [3.63, 3.8) is 0 Å². The van der Waals surface area contributed by atoms with Crippen molar-refractivity contribution in [2.24, 2.45) is 0 Å². The zero-order chi connectivity index (χ0) is 95.9. The number of ether oxygens (including phenoxy) is 5. The standard InChI is InChI=1S/C32H16N8.C18H16N2O.2C11H16O4S.2C11H15O.Cu.4Na.3O3S/c1-2-10-18-17(9-1)25-33-26(18)38-28-21-13-5-6-14-22(21)30(35-28)40-32-24-16-8-7-15-23(24)31(36-32)39-29-20-12-4-3-11-19(20)27(34-29)37-25;1-18(2,3)13-7-5-8-14(11-13)21-17-10-6-9-16(20-4)15(17)12-19;2*1-11(2,3)8-5-6-10(16(12,13)14)9(7-8)15-4;2*1-11(2,3)9-6-5-7-10(8-9)12-4;;;;;;3*1-4(2)3/h1-16H;5-11H,1-3H3;2*5-7H,1-4H3,(H,12,13,14);2*5-6,8H,1-4H3;;;;;;;;/q-2;;;;2*-1;+2;4*+1;;;/p-2. The summed E-state index contributed by atoms with van der Waals surface area (Å²) in [5, 5.41) is 12.8. The van der Waals surface area contributed by atoms with Gasteiger partial charge in [-0.25, -0.2) is 31.6 Å². The Balaban J connectivity index is 0.000000559. The molecule has 1 radical (unpaired) electrons. The van der Waals surface area contributed by atoms with Gasteiger partial charge in [0.05, 0.1) is 74.2 Å². The van der Waals surface area contributed by atoms with Crippen molar-refractivity contribution >= 4 is 102 Å². The zero-order valence-corrected chi connectivity index (χ0v) is 91.2. The zero-order valence-electron chi connectivity index (χ0n) is 78.2. The molecule has 0 saturated carbocycles. The number of methoxy groups -OCH3 is 4. The van der Waals surface area contributed by atoms with E-state index in [1.54, 1.807) is 56.7 Å². The van der Waals surface area contributed by atoms with Gasteiger partial charge < -0.3 is 62.7 Å². The first-order chi connectivity index (χ1) is 60.3. The molecule has 0 unspecified atom stereocenters. The summed E-state index contributed by atoms with van der Waals surface area (Å²) in [7, 11) is -12.3. The predicted octanol–water partition coefficient (Wildman–Crippen LogP) is 5.71. The van der Waals surface area contributed by atoms with Crippen LogP contribution in [0, 0.1) is 30.0 Å². The molecule has 2 aliphatic heterocycles. The van der Waals surface area contributed by atoms with Gasteiger partial charge in [0.15, 0.2) is 0 Å². The van der Waals surface area contributed by atoms with Gasteiger partial charge in [-0.05, 0) is 108 Å². The van der Waals surface area contributed by atoms with Crippen LogP contribution in [0.1, 0.15) is 137 Å². The molecule has 0 aliphatic carbocycles. The molecule has 13 aromatic rings. The molecule has 0 amide bonds. The van der Waals surface area contributed by atoms with Crippen LogP contribution in [0.4, 0.5) is 5.69 Å². The summed E-state index contributed by atoms with van der Waals surface area (Å²) in [4.78, 5) is 42.0. The van der Waals surface area contributed by atoms with Crippen LogP contribution in [0.5, 0.6) is 34.5 Å². The fourth-order valence-electron chi connectivity index (χ4n) is 12.2. The summed E-state index contributed by atoms with van der Waals surface area (Å²) in [6.07, 6.45) is 0. The molecule has 0 N–H and O–H groups in total. The first-order valence-corrected chi connectivity index (χ1v) is 44.7. The Labute approximate surface area is 884 Å². The third-order valence-electron chi connectivity index (χ3n) is 18.8. The van der Waals surface area contributed by atoms with Gasteiger partial charge in [-0.1, -0.05) is 237 Å². The van der Waals surface area contributed by atoms with E-state index >= 15 is 0 Å². The molecule has 134 heavy (non-hydrogen) atoms. The summed E-state index contributed by atoms with van der Waals surface area (Å²) in [6.45, 7) is 38.5. The molecular weight excluding hydrogens is 1900 g/mol. The quantitative estimate of drug-likeness (QED) is 0.0998. The molecule has 2 aliphatic rings. The summed E-state index contributed by atoms with van der Waals surface area (Å²) >= 11 is 0. The van der Waals surface area contributed by atoms with Crippen molar-refractivity contribution in [2.45, 2.75) is 141 Å². The van der Waals surface area contributed by atoms with Crippen molar-refractivity contribution in [3.8, 4) is 86.1 Å². The number of nitriles is 1. The second-order valence-electron chi connectivity index (χ2n) is 33.0. The minimum Gasteiger partial charge on any atom is -0.744 e. The molecule has 30 nitrogen and oxygen atoms in total. The topological polar surface area (TPSA) is 448 Å². The van der Waals surface area contributed by atoms with Crippen LogP contribution in [-0.2, 0) is 96.2 Å². The van der Waals surface area contributed by atoms with Crippen molar-refractivity contribution in [3.05, 3.63) is 269 Å². The Morgan fingerprint density at radius 1 is 0.373 bits per heavy atom. The van der Waals surface area contributed by atoms with Gasteiger partial charge in [0.1, 0.15) is 48.8 Å². The number of nitrogens with zero attached hydrogens (tertiary/aromatic N) is 10. The predicted molar refractivity (Wildman–Crippen MR) is 486 cm³/mol. The summed E-state index contributed by atoms with van der Waals surface area (Å²) in [5.41, 5.74) is 12.0. The van der Waals surface area contributed by atoms with Gasteiger partial charge in [0.25, 0.3) is 0 Å². The van der Waals surface area contributed by atoms with Crippen LogP contribution in [0.2, 0.25) is 0 Å². The van der Waals surface area contributed by atoms with Crippen LogP contribution in [-0.4, -0.2) is 122 Å². The van der Waals surface area contributed by atoms with E-state index in [-0.39, 0.29) is 189 Å². The normalized spacial score (nSPS) is 10.8. The Morgan fingerprint density at radius 2 is 0.657 bits per heavy atom. The molecule has 0 atom stereocenters. The maximum absolute atomic E-state index is 10.9. The summed E-state index contributed by atoms with van der Waals surface area (Å²) in [5.74, 6) is 5.10. The van der Waals surface area contributed by atoms with E-state index in [9.17, 15) is 31.2 Å². The minimum absolute atomic E-state index is 0. The Bertz CT molecular complexity index is 6630. The molecule has 0 spiro atoms. The van der Waals surface area contributed by atoms with E-state index in [1.807, 2.05) is 193 Å². The molecule has 40 heteroatoms. The Morgan fingerprint density at radius 3 is 0.925 bits per heavy atom. The number of benzene rings is 10. The van der Waals surface area contributed by atoms with Crippen molar-refractivity contribution < 1.29 is 223 Å². The fourth-order valence-corrected chi connectivity index (χ4v) is 13.4. The van der Waals surface area contributed by atoms with Crippen LogP contribution in [0.3, 0.4) is 0 Å². The van der Waals surface area contributed by atoms with E-state index in [2.05, 4.69) is 91.4 Å². The number of fused-ring (bicyclic) bond motifs is 20. The van der Waals surface area contributed by atoms with Gasteiger partial charge in [0, 0.05) is 56.3 Å². The monoisotopic (exact) mass is 2000 g/mol. The first kappa shape index (κ1) is 121. The maximum atomic E-state index is 10.9. The van der Waals surface area contributed by atoms with Crippen LogP contribution >= 0.6 is 0 Å². The third-order valence-corrected chi connectivity index (χ3v) is 20.6. The molecular formula is C94H92CuN10Na4O20S5. The van der Waals surface area contributed by atoms with Gasteiger partial charge >= 0.3 is 167 Å². The number of rotatable bonds is 8. The van der Waals surface area contributed by atoms with Crippen molar-refractivity contribution in [1.82, 2.24) is 39.9 Å². The van der Waals surface area contributed by atoms with Gasteiger partial charge in [0.2, 0.25) is 5.69 Å². The van der Waals surface area contributed by atoms with Crippen molar-refractivity contribution in [1.29, 1.82) is 5.26 Å². The van der Waals surface area contributed by atoms with E-state index in [4.69, 9.17) is 108 Å². The molecule has 0 saturated heterocycles. The fraction of sp³-hybridized carbons (Fsp3) is 0.255. The molecule has 5 heterocycles. The molecule has 8 bridgehead atoms. The van der Waals surface area contributed by atoms with Crippen molar-refractivity contribution in [2.75, 3.05) is 28.4 Å². The van der Waals surface area contributed by atoms with Crippen LogP contribution in [0.25, 0.3) is 94.5 Å². The second kappa shape index (κ2) is 53.5. The van der Waals surface area contributed by atoms with Crippen LogP contribution < -0.4 is 152 Å².